The summed E-state index contributed by atoms with van der Waals surface area (Å²) in [7, 11) is 0. The molecule has 142 valence electrons. The average molecular weight is 369 g/mol. The van der Waals surface area contributed by atoms with Crippen LogP contribution in [0.15, 0.2) is 59.2 Å². The molecule has 27 heavy (non-hydrogen) atoms. The molecule has 0 spiro atoms. The quantitative estimate of drug-likeness (QED) is 0.604. The SMILES string of the molecule is O=C(/C=C/c1ccco1)NNC(=O)OCC1CCCN1Cc1ccccc1. The Labute approximate surface area is 158 Å². The number of benzene rings is 1. The van der Waals surface area contributed by atoms with Gasteiger partial charge in [-0.2, -0.15) is 0 Å². The fourth-order valence-corrected chi connectivity index (χ4v) is 3.02. The van der Waals surface area contributed by atoms with Gasteiger partial charge >= 0.3 is 6.09 Å². The topological polar surface area (TPSA) is 83.8 Å². The van der Waals surface area contributed by atoms with Crippen LogP contribution in [0.5, 0.6) is 0 Å². The van der Waals surface area contributed by atoms with E-state index in [1.807, 2.05) is 18.2 Å². The van der Waals surface area contributed by atoms with E-state index in [-0.39, 0.29) is 12.6 Å². The van der Waals surface area contributed by atoms with E-state index in [9.17, 15) is 9.59 Å². The van der Waals surface area contributed by atoms with Crippen molar-refractivity contribution in [3.63, 3.8) is 0 Å². The lowest BCUT2D eigenvalue weighted by Crippen LogP contribution is -2.43. The van der Waals surface area contributed by atoms with Crippen molar-refractivity contribution in [3.8, 4) is 0 Å². The van der Waals surface area contributed by atoms with Crippen LogP contribution in [0.2, 0.25) is 0 Å². The molecule has 1 aromatic heterocycles. The molecular formula is C20H23N3O4. The zero-order chi connectivity index (χ0) is 18.9. The maximum atomic E-state index is 11.8. The highest BCUT2D eigenvalue weighted by atomic mass is 16.6. The van der Waals surface area contributed by atoms with E-state index in [4.69, 9.17) is 9.15 Å². The fraction of sp³-hybridized carbons (Fsp3) is 0.300. The lowest BCUT2D eigenvalue weighted by atomic mass is 10.2. The van der Waals surface area contributed by atoms with E-state index in [0.717, 1.165) is 25.9 Å². The van der Waals surface area contributed by atoms with Crippen LogP contribution in [0.1, 0.15) is 24.2 Å². The smallest absolute Gasteiger partial charge is 0.426 e. The number of hydrogen-bond acceptors (Lipinski definition) is 5. The molecule has 1 aliphatic rings. The molecule has 1 saturated heterocycles. The van der Waals surface area contributed by atoms with Crippen molar-refractivity contribution < 1.29 is 18.7 Å². The molecule has 0 aliphatic carbocycles. The van der Waals surface area contributed by atoms with Gasteiger partial charge in [-0.1, -0.05) is 30.3 Å². The first kappa shape index (κ1) is 18.7. The van der Waals surface area contributed by atoms with Gasteiger partial charge in [-0.25, -0.2) is 10.2 Å². The number of hydrogen-bond donors (Lipinski definition) is 2. The molecule has 3 rings (SSSR count). The van der Waals surface area contributed by atoms with Gasteiger partial charge in [0.2, 0.25) is 0 Å². The molecule has 7 nitrogen and oxygen atoms in total. The molecule has 7 heteroatoms. The second kappa shape index (κ2) is 9.59. The van der Waals surface area contributed by atoms with E-state index in [0.29, 0.717) is 5.76 Å². The Hall–Kier alpha value is -3.06. The van der Waals surface area contributed by atoms with Gasteiger partial charge < -0.3 is 9.15 Å². The maximum Gasteiger partial charge on any atom is 0.426 e. The summed E-state index contributed by atoms with van der Waals surface area (Å²) in [4.78, 5) is 25.7. The molecule has 1 atom stereocenters. The summed E-state index contributed by atoms with van der Waals surface area (Å²) in [5.41, 5.74) is 5.75. The second-order valence-electron chi connectivity index (χ2n) is 6.31. The lowest BCUT2D eigenvalue weighted by molar-refractivity contribution is -0.117. The Morgan fingerprint density at radius 3 is 2.81 bits per heavy atom. The predicted molar refractivity (Wildman–Crippen MR) is 100 cm³/mol. The summed E-state index contributed by atoms with van der Waals surface area (Å²) in [6, 6.07) is 13.8. The average Bonchev–Trinajstić information content (AvgIpc) is 3.36. The highest BCUT2D eigenvalue weighted by molar-refractivity contribution is 5.92. The first-order valence-corrected chi connectivity index (χ1v) is 8.93. The van der Waals surface area contributed by atoms with Gasteiger partial charge in [0, 0.05) is 18.7 Å². The number of rotatable bonds is 6. The number of carbonyl (C=O) groups excluding carboxylic acids is 2. The number of nitrogens with one attached hydrogen (secondary N) is 2. The van der Waals surface area contributed by atoms with Gasteiger partial charge in [0.1, 0.15) is 12.4 Å². The molecule has 0 bridgehead atoms. The highest BCUT2D eigenvalue weighted by Gasteiger charge is 2.25. The van der Waals surface area contributed by atoms with Gasteiger partial charge in [0.05, 0.1) is 6.26 Å². The van der Waals surface area contributed by atoms with Crippen molar-refractivity contribution in [3.05, 3.63) is 66.1 Å². The predicted octanol–water partition coefficient (Wildman–Crippen LogP) is 2.71. The first-order valence-electron chi connectivity index (χ1n) is 8.93. The number of nitrogens with zero attached hydrogens (tertiary/aromatic N) is 1. The van der Waals surface area contributed by atoms with Crippen molar-refractivity contribution in [2.75, 3.05) is 13.2 Å². The molecule has 1 aliphatic heterocycles. The van der Waals surface area contributed by atoms with Gasteiger partial charge in [-0.3, -0.25) is 15.1 Å². The van der Waals surface area contributed by atoms with Crippen LogP contribution in [0.3, 0.4) is 0 Å². The number of amides is 2. The molecule has 1 fully saturated rings. The lowest BCUT2D eigenvalue weighted by Gasteiger charge is -2.24. The molecule has 2 aromatic rings. The van der Waals surface area contributed by atoms with Crippen molar-refractivity contribution in [1.82, 2.24) is 15.8 Å². The van der Waals surface area contributed by atoms with Crippen LogP contribution in [-0.2, 0) is 16.1 Å². The van der Waals surface area contributed by atoms with Crippen LogP contribution in [0.4, 0.5) is 4.79 Å². The minimum Gasteiger partial charge on any atom is -0.465 e. The van der Waals surface area contributed by atoms with Crippen molar-refractivity contribution >= 4 is 18.1 Å². The van der Waals surface area contributed by atoms with Gasteiger partial charge in [0.25, 0.3) is 5.91 Å². The Morgan fingerprint density at radius 2 is 2.04 bits per heavy atom. The minimum atomic E-state index is -0.679. The van der Waals surface area contributed by atoms with Crippen molar-refractivity contribution in [1.29, 1.82) is 0 Å². The van der Waals surface area contributed by atoms with Gasteiger partial charge in [-0.05, 0) is 43.2 Å². The maximum absolute atomic E-state index is 11.8. The van der Waals surface area contributed by atoms with Crippen LogP contribution in [0.25, 0.3) is 6.08 Å². The summed E-state index contributed by atoms with van der Waals surface area (Å²) < 4.78 is 10.3. The summed E-state index contributed by atoms with van der Waals surface area (Å²) >= 11 is 0. The molecule has 2 N–H and O–H groups in total. The van der Waals surface area contributed by atoms with E-state index < -0.39 is 12.0 Å². The summed E-state index contributed by atoms with van der Waals surface area (Å²) in [6.45, 7) is 2.11. The molecular weight excluding hydrogens is 346 g/mol. The van der Waals surface area contributed by atoms with Crippen LogP contribution in [-0.4, -0.2) is 36.1 Å². The third-order valence-corrected chi connectivity index (χ3v) is 4.36. The molecule has 0 radical (unpaired) electrons. The monoisotopic (exact) mass is 369 g/mol. The zero-order valence-electron chi connectivity index (χ0n) is 15.0. The second-order valence-corrected chi connectivity index (χ2v) is 6.31. The van der Waals surface area contributed by atoms with Crippen molar-refractivity contribution in [2.45, 2.75) is 25.4 Å². The van der Waals surface area contributed by atoms with Gasteiger partial charge in [-0.15, -0.1) is 0 Å². The van der Waals surface area contributed by atoms with E-state index >= 15 is 0 Å². The molecule has 2 heterocycles. The number of carbonyl (C=O) groups is 2. The Bertz CT molecular complexity index is 759. The van der Waals surface area contributed by atoms with Crippen LogP contribution >= 0.6 is 0 Å². The van der Waals surface area contributed by atoms with E-state index in [2.05, 4.69) is 27.9 Å². The largest absolute Gasteiger partial charge is 0.465 e. The van der Waals surface area contributed by atoms with Gasteiger partial charge in [0.15, 0.2) is 0 Å². The highest BCUT2D eigenvalue weighted by Crippen LogP contribution is 2.20. The molecule has 2 amide bonds. The van der Waals surface area contributed by atoms with Crippen molar-refractivity contribution in [2.24, 2.45) is 0 Å². The summed E-state index contributed by atoms with van der Waals surface area (Å²) in [5.74, 6) is 0.0717. The third kappa shape index (κ3) is 6.00. The van der Waals surface area contributed by atoms with E-state index in [1.165, 1.54) is 24.0 Å². The Balaban J connectivity index is 1.37. The first-order chi connectivity index (χ1) is 13.2. The number of likely N-dealkylation sites (tertiary alicyclic amines) is 1. The number of ether oxygens (including phenoxy) is 1. The standard InChI is InChI=1S/C20H23N3O4/c24-19(11-10-18-9-5-13-26-18)21-22-20(25)27-15-17-8-4-12-23(17)14-16-6-2-1-3-7-16/h1-3,5-7,9-11,13,17H,4,8,12,14-15H2,(H,21,24)(H,22,25)/b11-10+. The molecule has 1 unspecified atom stereocenters. The summed E-state index contributed by atoms with van der Waals surface area (Å²) in [5, 5.41) is 0. The fourth-order valence-electron chi connectivity index (χ4n) is 3.02. The third-order valence-electron chi connectivity index (χ3n) is 4.36. The zero-order valence-corrected chi connectivity index (χ0v) is 15.0. The Morgan fingerprint density at radius 1 is 1.19 bits per heavy atom. The number of hydrazine groups is 1. The molecule has 1 aromatic carbocycles. The molecule has 0 saturated carbocycles. The summed E-state index contributed by atoms with van der Waals surface area (Å²) in [6.07, 6.45) is 5.66. The van der Waals surface area contributed by atoms with Crippen LogP contribution < -0.4 is 10.9 Å². The Kier molecular flexibility index (Phi) is 6.65. The normalized spacial score (nSPS) is 17.1. The minimum absolute atomic E-state index is 0.186. The van der Waals surface area contributed by atoms with Crippen LogP contribution in [0, 0.1) is 0 Å². The van der Waals surface area contributed by atoms with E-state index in [1.54, 1.807) is 12.1 Å². The number of furan rings is 1.